The minimum absolute atomic E-state index is 0.0196. The molecule has 73 heavy (non-hydrogen) atoms. The number of aliphatic carboxylic acids is 1. The number of carboxylic acid groups (broad SMARTS) is 1. The van der Waals surface area contributed by atoms with Gasteiger partial charge in [0.2, 0.25) is 41.4 Å². The number of methoxy groups -OCH3 is 1. The molecule has 2 heterocycles. The Labute approximate surface area is 425 Å². The number of guanidine groups is 1. The van der Waals surface area contributed by atoms with Crippen LogP contribution in [0.1, 0.15) is 76.6 Å². The zero-order chi connectivity index (χ0) is 53.6. The number of rotatable bonds is 29. The van der Waals surface area contributed by atoms with Crippen molar-refractivity contribution in [1.82, 2.24) is 52.1 Å². The molecule has 23 heteroatoms. The van der Waals surface area contributed by atoms with Gasteiger partial charge in [0, 0.05) is 44.2 Å². The molecule has 398 valence electrons. The number of aliphatic imine (C=N–C) groups is 1. The molecule has 0 radical (unpaired) electrons. The Balaban J connectivity index is 1.59. The summed E-state index contributed by atoms with van der Waals surface area (Å²) >= 11 is 0. The summed E-state index contributed by atoms with van der Waals surface area (Å²) in [6.45, 7) is 7.24. The third kappa shape index (κ3) is 18.2. The van der Waals surface area contributed by atoms with Crippen LogP contribution in [0.5, 0.6) is 5.75 Å². The number of nitrogens with zero attached hydrogens (tertiary/aromatic N) is 3. The Hall–Kier alpha value is -7.56. The highest BCUT2D eigenvalue weighted by molar-refractivity contribution is 5.98. The van der Waals surface area contributed by atoms with Crippen LogP contribution in [-0.4, -0.2) is 149 Å². The first-order valence-corrected chi connectivity index (χ1v) is 24.5. The summed E-state index contributed by atoms with van der Waals surface area (Å²) in [5.74, 6) is -6.40. The van der Waals surface area contributed by atoms with E-state index in [0.717, 1.165) is 0 Å². The number of likely N-dealkylation sites (tertiary alicyclic amines) is 1. The van der Waals surface area contributed by atoms with Crippen molar-refractivity contribution in [2.45, 2.75) is 121 Å². The molecule has 1 aliphatic heterocycles. The smallest absolute Gasteiger partial charge is 0.326 e. The number of aromatic nitrogens is 2. The second kappa shape index (κ2) is 29.1. The maximum Gasteiger partial charge on any atom is 0.326 e. The number of nitrogens with two attached hydrogens (primary N) is 2. The van der Waals surface area contributed by atoms with Gasteiger partial charge in [0.15, 0.2) is 5.96 Å². The van der Waals surface area contributed by atoms with Gasteiger partial charge in [-0.3, -0.25) is 38.6 Å². The number of aromatic amines is 1. The number of likely N-dealkylation sites (N-methyl/N-ethyl adjacent to an activating group) is 1. The van der Waals surface area contributed by atoms with Crippen LogP contribution in [0.15, 0.2) is 72.1 Å². The van der Waals surface area contributed by atoms with E-state index in [1.807, 2.05) is 6.92 Å². The van der Waals surface area contributed by atoms with E-state index in [-0.39, 0.29) is 57.7 Å². The molecule has 0 saturated carbocycles. The normalized spacial score (nSPS) is 16.0. The Bertz CT molecular complexity index is 2330. The first-order valence-electron chi connectivity index (χ1n) is 24.5. The van der Waals surface area contributed by atoms with Crippen LogP contribution in [0.25, 0.3) is 0 Å². The molecule has 23 nitrogen and oxygen atoms in total. The van der Waals surface area contributed by atoms with Gasteiger partial charge < -0.3 is 68.4 Å². The van der Waals surface area contributed by atoms with Crippen molar-refractivity contribution in [3.05, 3.63) is 83.9 Å². The van der Waals surface area contributed by atoms with Gasteiger partial charge in [0.05, 0.1) is 20.0 Å². The summed E-state index contributed by atoms with van der Waals surface area (Å²) < 4.78 is 5.32. The number of hydrogen-bond donors (Lipinski definition) is 11. The molecule has 3 aromatic rings. The molecule has 7 amide bonds. The van der Waals surface area contributed by atoms with Crippen LogP contribution in [0.3, 0.4) is 0 Å². The molecule has 1 aromatic heterocycles. The number of carbonyl (C=O) groups is 8. The fourth-order valence-corrected chi connectivity index (χ4v) is 8.29. The van der Waals surface area contributed by atoms with Gasteiger partial charge in [-0.1, -0.05) is 76.6 Å². The quantitative estimate of drug-likeness (QED) is 0.0235. The third-order valence-corrected chi connectivity index (χ3v) is 12.5. The van der Waals surface area contributed by atoms with Crippen molar-refractivity contribution in [3.63, 3.8) is 0 Å². The second-order valence-corrected chi connectivity index (χ2v) is 18.4. The highest BCUT2D eigenvalue weighted by Gasteiger charge is 2.41. The number of amides is 7. The average Bonchev–Trinajstić information content (AvgIpc) is 4.08. The molecule has 1 saturated heterocycles. The van der Waals surface area contributed by atoms with Crippen molar-refractivity contribution in [3.8, 4) is 5.75 Å². The summed E-state index contributed by atoms with van der Waals surface area (Å²) in [5, 5.41) is 29.3. The molecule has 8 unspecified atom stereocenters. The number of nitrogens with one attached hydrogen (secondary N) is 8. The van der Waals surface area contributed by atoms with E-state index in [4.69, 9.17) is 16.2 Å². The molecule has 1 aliphatic rings. The van der Waals surface area contributed by atoms with Gasteiger partial charge in [0.1, 0.15) is 48.0 Å². The van der Waals surface area contributed by atoms with Crippen LogP contribution in [0.4, 0.5) is 0 Å². The molecule has 0 aliphatic carbocycles. The van der Waals surface area contributed by atoms with Crippen molar-refractivity contribution in [2.75, 3.05) is 33.8 Å². The van der Waals surface area contributed by atoms with Gasteiger partial charge >= 0.3 is 5.97 Å². The molecular weight excluding hydrogens is 943 g/mol. The molecule has 1 fully saturated rings. The fraction of sp³-hybridized carbons (Fsp3) is 0.520. The standard InChI is InChI=1S/C50H73N13O10/c1-7-30(4)42(47(69)59-37(25-33-26-54-28-56-33)48(70)63-22-12-16-39(63)45(67)60-38(49(71)72)24-31-13-9-8-10-14-31)62-44(66)36(23-32-17-19-34(73-6)20-18-32)58-46(68)41(29(2)3)61-43(65)35(57-40(64)27-53-5)15-11-21-55-50(51)52/h8-10,13-14,17-20,26,28-30,35-39,41-42,53H,7,11-12,15-16,21-25,27H2,1-6H3,(H,54,56)(H,57,64)(H,58,68)(H,59,69)(H,60,67)(H,61,65)(H,62,66)(H,71,72)(H4,51,52,55). The first-order chi connectivity index (χ1) is 34.8. The van der Waals surface area contributed by atoms with Crippen molar-refractivity contribution < 1.29 is 48.2 Å². The SMILES string of the molecule is CCC(C)C(NC(=O)C(Cc1ccc(OC)cc1)NC(=O)C(NC(=O)C(CCCN=C(N)N)NC(=O)CNC)C(C)C)C(=O)NC(Cc1cnc[nH]1)C(=O)N1CCCC1C(=O)NC(Cc1ccccc1)C(=O)O. The lowest BCUT2D eigenvalue weighted by atomic mass is 9.96. The van der Waals surface area contributed by atoms with Gasteiger partial charge in [-0.05, 0) is 67.8 Å². The Morgan fingerprint density at radius 3 is 2.03 bits per heavy atom. The lowest BCUT2D eigenvalue weighted by molar-refractivity contribution is -0.145. The summed E-state index contributed by atoms with van der Waals surface area (Å²) in [7, 11) is 3.08. The Kier molecular flexibility index (Phi) is 23.1. The molecule has 0 spiro atoms. The van der Waals surface area contributed by atoms with Crippen molar-refractivity contribution in [1.29, 1.82) is 0 Å². The molecule has 4 rings (SSSR count). The van der Waals surface area contributed by atoms with E-state index in [2.05, 4.69) is 52.2 Å². The van der Waals surface area contributed by atoms with E-state index in [9.17, 15) is 43.5 Å². The number of H-pyrrole nitrogens is 1. The number of carboxylic acids is 1. The van der Waals surface area contributed by atoms with E-state index in [1.54, 1.807) is 82.4 Å². The highest BCUT2D eigenvalue weighted by Crippen LogP contribution is 2.21. The van der Waals surface area contributed by atoms with Gasteiger partial charge in [-0.25, -0.2) is 9.78 Å². The highest BCUT2D eigenvalue weighted by atomic mass is 16.5. The number of ether oxygens (including phenoxy) is 1. The maximum absolute atomic E-state index is 14.6. The monoisotopic (exact) mass is 1020 g/mol. The molecule has 13 N–H and O–H groups in total. The molecule has 2 aromatic carbocycles. The second-order valence-electron chi connectivity index (χ2n) is 18.4. The zero-order valence-corrected chi connectivity index (χ0v) is 42.4. The van der Waals surface area contributed by atoms with E-state index < -0.39 is 101 Å². The van der Waals surface area contributed by atoms with E-state index in [1.165, 1.54) is 24.5 Å². The lowest BCUT2D eigenvalue weighted by Gasteiger charge is -2.32. The van der Waals surface area contributed by atoms with Gasteiger partial charge in [-0.2, -0.15) is 0 Å². The maximum atomic E-state index is 14.6. The van der Waals surface area contributed by atoms with Crippen molar-refractivity contribution >= 4 is 53.3 Å². The van der Waals surface area contributed by atoms with E-state index >= 15 is 0 Å². The van der Waals surface area contributed by atoms with Crippen LogP contribution >= 0.6 is 0 Å². The lowest BCUT2D eigenvalue weighted by Crippen LogP contribution is -2.62. The number of hydrogen-bond acceptors (Lipinski definition) is 12. The van der Waals surface area contributed by atoms with Crippen LogP contribution in [0.2, 0.25) is 0 Å². The summed E-state index contributed by atoms with van der Waals surface area (Å²) in [4.78, 5) is 123. The van der Waals surface area contributed by atoms with Gasteiger partial charge in [0.25, 0.3) is 0 Å². The topological polar surface area (TPSA) is 347 Å². The molecule has 0 bridgehead atoms. The molecular formula is C50H73N13O10. The van der Waals surface area contributed by atoms with Gasteiger partial charge in [-0.15, -0.1) is 0 Å². The average molecular weight is 1020 g/mol. The summed E-state index contributed by atoms with van der Waals surface area (Å²) in [5.41, 5.74) is 12.7. The van der Waals surface area contributed by atoms with Crippen LogP contribution in [-0.2, 0) is 57.6 Å². The van der Waals surface area contributed by atoms with Crippen LogP contribution < -0.4 is 53.4 Å². The number of carbonyl (C=O) groups excluding carboxylic acids is 7. The van der Waals surface area contributed by atoms with E-state index in [0.29, 0.717) is 41.8 Å². The number of benzene rings is 2. The first kappa shape index (κ1) is 58.0. The van der Waals surface area contributed by atoms with Crippen LogP contribution in [0, 0.1) is 11.8 Å². The summed E-state index contributed by atoms with van der Waals surface area (Å²) in [6.07, 6.45) is 4.34. The third-order valence-electron chi connectivity index (χ3n) is 12.5. The fourth-order valence-electron chi connectivity index (χ4n) is 8.29. The zero-order valence-electron chi connectivity index (χ0n) is 42.4. The Morgan fingerprint density at radius 1 is 0.795 bits per heavy atom. The predicted octanol–water partition coefficient (Wildman–Crippen LogP) is -0.594. The minimum atomic E-state index is -1.31. The largest absolute Gasteiger partial charge is 0.497 e. The summed E-state index contributed by atoms with van der Waals surface area (Å²) in [6, 6.07) is 7.24. The molecule has 8 atom stereocenters. The Morgan fingerprint density at radius 2 is 1.42 bits per heavy atom. The number of imidazole rings is 1. The predicted molar refractivity (Wildman–Crippen MR) is 271 cm³/mol. The van der Waals surface area contributed by atoms with Crippen molar-refractivity contribution in [2.24, 2.45) is 28.3 Å². The minimum Gasteiger partial charge on any atom is -0.497 e.